The Morgan fingerprint density at radius 1 is 1.23 bits per heavy atom. The monoisotopic (exact) mass is 290 g/mol. The molecule has 1 nitrogen and oxygen atoms in total. The van der Waals surface area contributed by atoms with Crippen molar-refractivity contribution in [3.63, 3.8) is 0 Å². The molecular weight excluding hydrogens is 275 g/mol. The van der Waals surface area contributed by atoms with Crippen molar-refractivity contribution in [2.24, 2.45) is 5.92 Å². The van der Waals surface area contributed by atoms with E-state index < -0.39 is 0 Å². The van der Waals surface area contributed by atoms with Crippen LogP contribution in [0.1, 0.15) is 25.3 Å². The fourth-order valence-corrected chi connectivity index (χ4v) is 2.90. The number of alkyl halides is 1. The van der Waals surface area contributed by atoms with Crippen LogP contribution in [0.3, 0.4) is 0 Å². The van der Waals surface area contributed by atoms with Crippen molar-refractivity contribution in [3.8, 4) is 5.75 Å². The average Bonchev–Trinajstić information content (AvgIpc) is 2.09. The highest BCUT2D eigenvalue weighted by Crippen LogP contribution is 2.27. The molecule has 0 heterocycles. The smallest absolute Gasteiger partial charge is 0.115 e. The van der Waals surface area contributed by atoms with Gasteiger partial charge in [-0.2, -0.15) is 0 Å². The number of halogens is 1. The minimum Gasteiger partial charge on any atom is -0.508 e. The van der Waals surface area contributed by atoms with Gasteiger partial charge in [-0.1, -0.05) is 48.6 Å². The van der Waals surface area contributed by atoms with Crippen LogP contribution in [0.5, 0.6) is 5.75 Å². The third-order valence-electron chi connectivity index (χ3n) is 2.29. The molecule has 1 aromatic carbocycles. The molecule has 72 valence electrons. The van der Waals surface area contributed by atoms with Gasteiger partial charge in [-0.05, 0) is 29.5 Å². The highest BCUT2D eigenvalue weighted by Gasteiger charge is 2.13. The molecule has 13 heavy (non-hydrogen) atoms. The van der Waals surface area contributed by atoms with Crippen LogP contribution in [0.15, 0.2) is 24.3 Å². The molecule has 1 rings (SSSR count). The fraction of sp³-hybridized carbons (Fsp3) is 0.455. The lowest BCUT2D eigenvalue weighted by atomic mass is 9.90. The van der Waals surface area contributed by atoms with Gasteiger partial charge in [0.15, 0.2) is 0 Å². The average molecular weight is 290 g/mol. The van der Waals surface area contributed by atoms with Crippen molar-refractivity contribution in [2.45, 2.75) is 19.8 Å². The summed E-state index contributed by atoms with van der Waals surface area (Å²) >= 11 is 2.41. The Bertz CT molecular complexity index is 253. The zero-order valence-corrected chi connectivity index (χ0v) is 10.2. The van der Waals surface area contributed by atoms with Gasteiger partial charge in [-0.3, -0.25) is 0 Å². The number of phenols is 1. The van der Waals surface area contributed by atoms with Crippen molar-refractivity contribution in [1.82, 2.24) is 0 Å². The third kappa shape index (κ3) is 2.86. The summed E-state index contributed by atoms with van der Waals surface area (Å²) in [4.78, 5) is 0. The van der Waals surface area contributed by atoms with Crippen LogP contribution in [0.2, 0.25) is 0 Å². The highest BCUT2D eigenvalue weighted by molar-refractivity contribution is 14.1. The predicted molar refractivity (Wildman–Crippen MR) is 64.6 cm³/mol. The lowest BCUT2D eigenvalue weighted by Crippen LogP contribution is -2.07. The summed E-state index contributed by atoms with van der Waals surface area (Å²) in [5.74, 6) is 1.60. The Labute approximate surface area is 93.3 Å². The molecule has 0 radical (unpaired) electrons. The molecule has 0 amide bonds. The molecule has 1 unspecified atom stereocenters. The summed E-state index contributed by atoms with van der Waals surface area (Å²) in [5.41, 5.74) is 1.32. The van der Waals surface area contributed by atoms with E-state index in [-0.39, 0.29) is 0 Å². The molecular formula is C11H15IO. The lowest BCUT2D eigenvalue weighted by molar-refractivity contribution is 0.474. The van der Waals surface area contributed by atoms with E-state index in [0.717, 1.165) is 4.43 Å². The molecule has 0 saturated carbocycles. The van der Waals surface area contributed by atoms with E-state index in [1.165, 1.54) is 5.56 Å². The Morgan fingerprint density at radius 2 is 1.77 bits per heavy atom. The minimum absolute atomic E-state index is 0.347. The van der Waals surface area contributed by atoms with Crippen molar-refractivity contribution < 1.29 is 5.11 Å². The Hall–Kier alpha value is -0.250. The van der Waals surface area contributed by atoms with Gasteiger partial charge in [0.1, 0.15) is 5.75 Å². The van der Waals surface area contributed by atoms with Crippen LogP contribution in [-0.4, -0.2) is 9.53 Å². The molecule has 0 aliphatic carbocycles. The number of rotatable bonds is 3. The van der Waals surface area contributed by atoms with E-state index >= 15 is 0 Å². The van der Waals surface area contributed by atoms with E-state index in [4.69, 9.17) is 5.11 Å². The van der Waals surface area contributed by atoms with Gasteiger partial charge >= 0.3 is 0 Å². The van der Waals surface area contributed by atoms with Crippen molar-refractivity contribution in [1.29, 1.82) is 0 Å². The highest BCUT2D eigenvalue weighted by atomic mass is 127. The second kappa shape index (κ2) is 4.84. The minimum atomic E-state index is 0.347. The summed E-state index contributed by atoms with van der Waals surface area (Å²) in [5, 5.41) is 9.15. The van der Waals surface area contributed by atoms with E-state index in [0.29, 0.717) is 17.6 Å². The first kappa shape index (κ1) is 10.8. The summed E-state index contributed by atoms with van der Waals surface area (Å²) < 4.78 is 1.13. The molecule has 0 bridgehead atoms. The van der Waals surface area contributed by atoms with Gasteiger partial charge in [0.25, 0.3) is 0 Å². The molecule has 1 aromatic rings. The van der Waals surface area contributed by atoms with E-state index in [1.54, 1.807) is 12.1 Å². The van der Waals surface area contributed by atoms with Crippen molar-refractivity contribution in [3.05, 3.63) is 29.8 Å². The molecule has 2 heteroatoms. The van der Waals surface area contributed by atoms with Crippen LogP contribution in [0.4, 0.5) is 0 Å². The summed E-state index contributed by atoms with van der Waals surface area (Å²) in [6, 6.07) is 7.55. The van der Waals surface area contributed by atoms with Gasteiger partial charge in [-0.15, -0.1) is 0 Å². The Kier molecular flexibility index (Phi) is 4.03. The second-order valence-electron chi connectivity index (χ2n) is 3.60. The maximum atomic E-state index is 9.15. The SMILES string of the molecule is CC(C)C(CI)c1ccc(O)cc1. The molecule has 1 N–H and O–H groups in total. The fourth-order valence-electron chi connectivity index (χ4n) is 1.37. The van der Waals surface area contributed by atoms with Crippen LogP contribution in [-0.2, 0) is 0 Å². The number of benzene rings is 1. The third-order valence-corrected chi connectivity index (χ3v) is 3.24. The number of hydrogen-bond donors (Lipinski definition) is 1. The Morgan fingerprint density at radius 3 is 2.15 bits per heavy atom. The van der Waals surface area contributed by atoms with Gasteiger partial charge < -0.3 is 5.11 Å². The molecule has 0 aromatic heterocycles. The standard InChI is InChI=1S/C11H15IO/c1-8(2)11(7-12)9-3-5-10(13)6-4-9/h3-6,8,11,13H,7H2,1-2H3. The molecule has 0 saturated heterocycles. The zero-order chi connectivity index (χ0) is 9.84. The molecule has 0 spiro atoms. The topological polar surface area (TPSA) is 20.2 Å². The number of hydrogen-bond acceptors (Lipinski definition) is 1. The Balaban J connectivity index is 2.86. The number of phenolic OH excluding ortho intramolecular Hbond substituents is 1. The lowest BCUT2D eigenvalue weighted by Gasteiger charge is -2.18. The van der Waals surface area contributed by atoms with Crippen LogP contribution in [0, 0.1) is 5.92 Å². The first-order chi connectivity index (χ1) is 6.15. The first-order valence-electron chi connectivity index (χ1n) is 4.50. The number of aromatic hydroxyl groups is 1. The largest absolute Gasteiger partial charge is 0.508 e. The van der Waals surface area contributed by atoms with Crippen LogP contribution < -0.4 is 0 Å². The normalized spacial score (nSPS) is 13.2. The summed E-state index contributed by atoms with van der Waals surface area (Å²) in [6.07, 6.45) is 0. The molecule has 0 aliphatic heterocycles. The van der Waals surface area contributed by atoms with Gasteiger partial charge in [0, 0.05) is 4.43 Å². The molecule has 0 aliphatic rings. The quantitative estimate of drug-likeness (QED) is 0.666. The van der Waals surface area contributed by atoms with Crippen molar-refractivity contribution >= 4 is 22.6 Å². The summed E-state index contributed by atoms with van der Waals surface area (Å²) in [7, 11) is 0. The zero-order valence-electron chi connectivity index (χ0n) is 8.00. The molecule has 0 fully saturated rings. The van der Waals surface area contributed by atoms with Gasteiger partial charge in [0.05, 0.1) is 0 Å². The van der Waals surface area contributed by atoms with E-state index in [1.807, 2.05) is 12.1 Å². The molecule has 1 atom stereocenters. The maximum absolute atomic E-state index is 9.15. The van der Waals surface area contributed by atoms with Crippen LogP contribution in [0.25, 0.3) is 0 Å². The van der Waals surface area contributed by atoms with E-state index in [2.05, 4.69) is 36.4 Å². The first-order valence-corrected chi connectivity index (χ1v) is 6.02. The summed E-state index contributed by atoms with van der Waals surface area (Å²) in [6.45, 7) is 4.46. The van der Waals surface area contributed by atoms with E-state index in [9.17, 15) is 0 Å². The van der Waals surface area contributed by atoms with Crippen molar-refractivity contribution in [2.75, 3.05) is 4.43 Å². The van der Waals surface area contributed by atoms with Crippen LogP contribution >= 0.6 is 22.6 Å². The van der Waals surface area contributed by atoms with Gasteiger partial charge in [-0.25, -0.2) is 0 Å². The second-order valence-corrected chi connectivity index (χ2v) is 4.48. The predicted octanol–water partition coefficient (Wildman–Crippen LogP) is 3.57. The maximum Gasteiger partial charge on any atom is 0.115 e. The van der Waals surface area contributed by atoms with Gasteiger partial charge in [0.2, 0.25) is 0 Å².